The Hall–Kier alpha value is -1.69. The molecule has 21 heavy (non-hydrogen) atoms. The lowest BCUT2D eigenvalue weighted by Gasteiger charge is -2.16. The lowest BCUT2D eigenvalue weighted by Crippen LogP contribution is -2.09. The molecule has 0 radical (unpaired) electrons. The molecule has 0 atom stereocenters. The Morgan fingerprint density at radius 1 is 1.05 bits per heavy atom. The zero-order chi connectivity index (χ0) is 15.0. The number of alkyl halides is 3. The lowest BCUT2D eigenvalue weighted by molar-refractivity contribution is -0.141. The van der Waals surface area contributed by atoms with Crippen molar-refractivity contribution in [1.82, 2.24) is 9.97 Å². The minimum absolute atomic E-state index is 0.155. The van der Waals surface area contributed by atoms with Crippen LogP contribution in [0.15, 0.2) is 24.3 Å². The lowest BCUT2D eigenvalue weighted by atomic mass is 9.90. The summed E-state index contributed by atoms with van der Waals surface area (Å²) in [6, 6.07) is 6.76. The number of aryl methyl sites for hydroxylation is 2. The summed E-state index contributed by atoms with van der Waals surface area (Å²) >= 11 is 4.81. The summed E-state index contributed by atoms with van der Waals surface area (Å²) in [4.78, 5) is 6.12. The van der Waals surface area contributed by atoms with E-state index in [0.717, 1.165) is 25.3 Å². The number of hydrogen-bond donors (Lipinski definition) is 1. The second-order valence-electron chi connectivity index (χ2n) is 5.17. The summed E-state index contributed by atoms with van der Waals surface area (Å²) < 4.78 is 38.3. The van der Waals surface area contributed by atoms with E-state index in [2.05, 4.69) is 9.97 Å². The first-order valence-corrected chi connectivity index (χ1v) is 7.15. The van der Waals surface area contributed by atoms with E-state index in [4.69, 9.17) is 12.2 Å². The fourth-order valence-electron chi connectivity index (χ4n) is 2.65. The van der Waals surface area contributed by atoms with Crippen LogP contribution in [0.4, 0.5) is 13.2 Å². The second-order valence-corrected chi connectivity index (χ2v) is 5.56. The number of hydrogen-bond acceptors (Lipinski definition) is 2. The molecule has 0 saturated carbocycles. The van der Waals surface area contributed by atoms with Crippen molar-refractivity contribution in [3.05, 3.63) is 45.9 Å². The van der Waals surface area contributed by atoms with Gasteiger partial charge in [0.05, 0.1) is 5.69 Å². The maximum Gasteiger partial charge on any atom is 0.431 e. The predicted octanol–water partition coefficient (Wildman–Crippen LogP) is 4.70. The smallest absolute Gasteiger partial charge is 0.327 e. The summed E-state index contributed by atoms with van der Waals surface area (Å²) in [5, 5.41) is 0. The van der Waals surface area contributed by atoms with Gasteiger partial charge in [0, 0.05) is 5.56 Å². The van der Waals surface area contributed by atoms with Gasteiger partial charge in [-0.1, -0.05) is 12.1 Å². The maximum atomic E-state index is 12.8. The van der Waals surface area contributed by atoms with Gasteiger partial charge in [-0.15, -0.1) is 0 Å². The minimum atomic E-state index is -4.46. The van der Waals surface area contributed by atoms with Gasteiger partial charge in [0.25, 0.3) is 0 Å². The van der Waals surface area contributed by atoms with Crippen LogP contribution in [0.25, 0.3) is 11.3 Å². The number of aromatic nitrogens is 2. The molecule has 0 bridgehead atoms. The zero-order valence-corrected chi connectivity index (χ0v) is 11.9. The Morgan fingerprint density at radius 3 is 2.48 bits per heavy atom. The Balaban J connectivity index is 2.08. The highest BCUT2D eigenvalue weighted by Crippen LogP contribution is 2.31. The maximum absolute atomic E-state index is 12.8. The van der Waals surface area contributed by atoms with Crippen LogP contribution < -0.4 is 0 Å². The molecule has 2 nitrogen and oxygen atoms in total. The van der Waals surface area contributed by atoms with Gasteiger partial charge in [0.2, 0.25) is 0 Å². The van der Waals surface area contributed by atoms with Gasteiger partial charge in [0.15, 0.2) is 4.77 Å². The third-order valence-electron chi connectivity index (χ3n) is 3.69. The molecular weight excluding hydrogens is 297 g/mol. The molecule has 3 rings (SSSR count). The minimum Gasteiger partial charge on any atom is -0.327 e. The fraction of sp³-hybridized carbons (Fsp3) is 0.333. The second kappa shape index (κ2) is 5.26. The molecule has 0 spiro atoms. The molecule has 1 aliphatic rings. The van der Waals surface area contributed by atoms with E-state index < -0.39 is 11.9 Å². The van der Waals surface area contributed by atoms with Crippen LogP contribution in [-0.4, -0.2) is 9.97 Å². The fourth-order valence-corrected chi connectivity index (χ4v) is 2.86. The third kappa shape index (κ3) is 3.00. The highest BCUT2D eigenvalue weighted by Gasteiger charge is 2.32. The van der Waals surface area contributed by atoms with Crippen LogP contribution >= 0.6 is 12.2 Å². The molecule has 1 aliphatic carbocycles. The number of H-pyrrole nitrogens is 1. The van der Waals surface area contributed by atoms with E-state index >= 15 is 0 Å². The Bertz CT molecular complexity index is 734. The molecule has 6 heteroatoms. The first kappa shape index (κ1) is 14.3. The monoisotopic (exact) mass is 310 g/mol. The number of nitrogens with zero attached hydrogens (tertiary/aromatic N) is 1. The highest BCUT2D eigenvalue weighted by atomic mass is 32.1. The largest absolute Gasteiger partial charge is 0.431 e. The molecule has 1 aromatic carbocycles. The van der Waals surface area contributed by atoms with Gasteiger partial charge >= 0.3 is 6.18 Å². The van der Waals surface area contributed by atoms with Crippen LogP contribution in [0.2, 0.25) is 0 Å². The number of rotatable bonds is 1. The van der Waals surface area contributed by atoms with E-state index in [1.807, 2.05) is 18.2 Å². The van der Waals surface area contributed by atoms with Gasteiger partial charge < -0.3 is 4.98 Å². The van der Waals surface area contributed by atoms with Crippen molar-refractivity contribution in [1.29, 1.82) is 0 Å². The van der Waals surface area contributed by atoms with Crippen LogP contribution in [-0.2, 0) is 19.0 Å². The van der Waals surface area contributed by atoms with Crippen molar-refractivity contribution >= 4 is 12.2 Å². The average Bonchev–Trinajstić information content (AvgIpc) is 2.45. The summed E-state index contributed by atoms with van der Waals surface area (Å²) in [6.45, 7) is 0. The van der Waals surface area contributed by atoms with Crippen molar-refractivity contribution in [2.24, 2.45) is 0 Å². The molecule has 1 N–H and O–H groups in total. The van der Waals surface area contributed by atoms with Gasteiger partial charge in [0.1, 0.15) is 5.69 Å². The SMILES string of the molecule is FC(F)(F)c1cc(-c2ccc3c(c2)CCCC3)nc(=S)[nH]1. The topological polar surface area (TPSA) is 28.7 Å². The van der Waals surface area contributed by atoms with Crippen molar-refractivity contribution in [3.8, 4) is 11.3 Å². The molecule has 0 unspecified atom stereocenters. The number of benzene rings is 1. The van der Waals surface area contributed by atoms with E-state index in [1.54, 1.807) is 0 Å². The standard InChI is InChI=1S/C15H13F3N2S/c16-15(17,18)13-8-12(19-14(21)20-13)11-6-5-9-3-1-2-4-10(9)7-11/h5-8H,1-4H2,(H,19,20,21). The summed E-state index contributed by atoms with van der Waals surface area (Å²) in [6.07, 6.45) is -0.174. The normalized spacial score (nSPS) is 14.8. The Morgan fingerprint density at radius 2 is 1.76 bits per heavy atom. The van der Waals surface area contributed by atoms with E-state index in [-0.39, 0.29) is 10.5 Å². The molecule has 0 saturated heterocycles. The van der Waals surface area contributed by atoms with Gasteiger partial charge in [-0.2, -0.15) is 13.2 Å². The highest BCUT2D eigenvalue weighted by molar-refractivity contribution is 7.71. The van der Waals surface area contributed by atoms with Crippen molar-refractivity contribution in [2.75, 3.05) is 0 Å². The number of nitrogens with one attached hydrogen (secondary N) is 1. The molecular formula is C15H13F3N2S. The molecule has 0 aliphatic heterocycles. The molecule has 0 fully saturated rings. The Kier molecular flexibility index (Phi) is 3.57. The van der Waals surface area contributed by atoms with Crippen LogP contribution in [0.5, 0.6) is 0 Å². The van der Waals surface area contributed by atoms with Crippen molar-refractivity contribution in [3.63, 3.8) is 0 Å². The van der Waals surface area contributed by atoms with Gasteiger partial charge in [-0.25, -0.2) is 4.98 Å². The van der Waals surface area contributed by atoms with Crippen LogP contribution in [0.1, 0.15) is 29.7 Å². The Labute approximate surface area is 125 Å². The quantitative estimate of drug-likeness (QED) is 0.773. The van der Waals surface area contributed by atoms with E-state index in [9.17, 15) is 13.2 Å². The molecule has 0 amide bonds. The molecule has 110 valence electrons. The molecule has 1 aromatic heterocycles. The number of fused-ring (bicyclic) bond motifs is 1. The first-order chi connectivity index (χ1) is 9.93. The van der Waals surface area contributed by atoms with Crippen LogP contribution in [0, 0.1) is 4.77 Å². The van der Waals surface area contributed by atoms with Gasteiger partial charge in [-0.05, 0) is 61.2 Å². The summed E-state index contributed by atoms with van der Waals surface area (Å²) in [7, 11) is 0. The summed E-state index contributed by atoms with van der Waals surface area (Å²) in [5.74, 6) is 0. The summed E-state index contributed by atoms with van der Waals surface area (Å²) in [5.41, 5.74) is 2.56. The zero-order valence-electron chi connectivity index (χ0n) is 11.1. The molecule has 2 aromatic rings. The van der Waals surface area contributed by atoms with Gasteiger partial charge in [-0.3, -0.25) is 0 Å². The van der Waals surface area contributed by atoms with Crippen molar-refractivity contribution in [2.45, 2.75) is 31.9 Å². The predicted molar refractivity (Wildman–Crippen MR) is 76.5 cm³/mol. The average molecular weight is 310 g/mol. The van der Waals surface area contributed by atoms with Crippen molar-refractivity contribution < 1.29 is 13.2 Å². The number of halogens is 3. The molecule has 1 heterocycles. The van der Waals surface area contributed by atoms with E-state index in [1.165, 1.54) is 17.5 Å². The number of aromatic amines is 1. The third-order valence-corrected chi connectivity index (χ3v) is 3.89. The van der Waals surface area contributed by atoms with E-state index in [0.29, 0.717) is 5.56 Å². The van der Waals surface area contributed by atoms with Crippen LogP contribution in [0.3, 0.4) is 0 Å². The first-order valence-electron chi connectivity index (χ1n) is 6.74.